The van der Waals surface area contributed by atoms with Crippen molar-refractivity contribution in [1.29, 1.82) is 0 Å². The fourth-order valence-electron chi connectivity index (χ4n) is 6.24. The lowest BCUT2D eigenvalue weighted by Crippen LogP contribution is -2.58. The van der Waals surface area contributed by atoms with Gasteiger partial charge in [0, 0.05) is 56.2 Å². The first-order valence-corrected chi connectivity index (χ1v) is 17.7. The number of pyridine rings is 1. The van der Waals surface area contributed by atoms with Crippen LogP contribution in [0.5, 0.6) is 0 Å². The summed E-state index contributed by atoms with van der Waals surface area (Å²) in [6.45, 7) is 2.90. The number of amides is 3. The lowest BCUT2D eigenvalue weighted by Gasteiger charge is -2.35. The smallest absolute Gasteiger partial charge is 0.335 e. The van der Waals surface area contributed by atoms with Crippen molar-refractivity contribution in [3.8, 4) is 0 Å². The number of benzene rings is 3. The van der Waals surface area contributed by atoms with E-state index in [1.807, 2.05) is 77.7 Å². The zero-order chi connectivity index (χ0) is 35.5. The summed E-state index contributed by atoms with van der Waals surface area (Å²) in [7, 11) is 0. The number of piperazine rings is 1. The van der Waals surface area contributed by atoms with E-state index in [1.54, 1.807) is 18.3 Å². The number of carboxylic acid groups (broad SMARTS) is 1. The number of halogens is 1. The van der Waals surface area contributed by atoms with E-state index in [2.05, 4.69) is 36.4 Å². The number of rotatable bonds is 10. The van der Waals surface area contributed by atoms with Crippen molar-refractivity contribution < 1.29 is 24.3 Å². The quantitative estimate of drug-likeness (QED) is 0.185. The summed E-state index contributed by atoms with van der Waals surface area (Å²) in [4.78, 5) is 57.8. The maximum Gasteiger partial charge on any atom is 0.335 e. The SMILES string of the molecule is NC1(C(=O)N[C@H](Cc2ccccc2)C(=O)NCCC(=O)N2CCN(c3ccccn3)CC2)CCCC1.O=C(O)c1ccc2cc(Br)ccc2c1. The minimum Gasteiger partial charge on any atom is -0.478 e. The zero-order valence-electron chi connectivity index (χ0n) is 27.9. The van der Waals surface area contributed by atoms with E-state index in [0.717, 1.165) is 52.6 Å². The first-order valence-electron chi connectivity index (χ1n) is 16.9. The maximum absolute atomic E-state index is 13.1. The summed E-state index contributed by atoms with van der Waals surface area (Å²) in [5.74, 6) is -0.555. The molecule has 11 nitrogen and oxygen atoms in total. The average molecular weight is 744 g/mol. The Labute approximate surface area is 300 Å². The third kappa shape index (κ3) is 9.88. The van der Waals surface area contributed by atoms with Crippen LogP contribution in [-0.2, 0) is 20.8 Å². The summed E-state index contributed by atoms with van der Waals surface area (Å²) in [5.41, 5.74) is 6.66. The molecule has 1 aliphatic carbocycles. The minimum atomic E-state index is -0.914. The van der Waals surface area contributed by atoms with E-state index in [1.165, 1.54) is 0 Å². The van der Waals surface area contributed by atoms with Crippen LogP contribution in [0.25, 0.3) is 10.8 Å². The van der Waals surface area contributed by atoms with Crippen LogP contribution in [-0.4, -0.2) is 83.0 Å². The molecule has 5 N–H and O–H groups in total. The summed E-state index contributed by atoms with van der Waals surface area (Å²) < 4.78 is 0.994. The van der Waals surface area contributed by atoms with E-state index in [9.17, 15) is 19.2 Å². The molecule has 1 aromatic heterocycles. The van der Waals surface area contributed by atoms with E-state index < -0.39 is 17.6 Å². The molecule has 2 fully saturated rings. The second kappa shape index (κ2) is 17.2. The Kier molecular flexibility index (Phi) is 12.6. The molecule has 2 aliphatic rings. The van der Waals surface area contributed by atoms with E-state index in [4.69, 9.17) is 10.8 Å². The van der Waals surface area contributed by atoms with E-state index >= 15 is 0 Å². The van der Waals surface area contributed by atoms with Crippen molar-refractivity contribution in [2.75, 3.05) is 37.6 Å². The second-order valence-corrected chi connectivity index (χ2v) is 13.6. The van der Waals surface area contributed by atoms with Gasteiger partial charge in [-0.3, -0.25) is 14.4 Å². The number of anilines is 1. The predicted molar refractivity (Wildman–Crippen MR) is 197 cm³/mol. The highest BCUT2D eigenvalue weighted by atomic mass is 79.9. The number of hydrogen-bond donors (Lipinski definition) is 4. The molecule has 262 valence electrons. The van der Waals surface area contributed by atoms with Crippen molar-refractivity contribution in [2.45, 2.75) is 50.1 Å². The first-order chi connectivity index (χ1) is 24.1. The molecule has 0 radical (unpaired) electrons. The number of nitrogens with zero attached hydrogens (tertiary/aromatic N) is 3. The van der Waals surface area contributed by atoms with Crippen LogP contribution in [0.1, 0.15) is 48.0 Å². The van der Waals surface area contributed by atoms with Gasteiger partial charge in [-0.1, -0.05) is 77.3 Å². The first kappa shape index (κ1) is 36.5. The highest BCUT2D eigenvalue weighted by molar-refractivity contribution is 9.10. The van der Waals surface area contributed by atoms with Crippen LogP contribution in [0.4, 0.5) is 5.82 Å². The zero-order valence-corrected chi connectivity index (χ0v) is 29.5. The van der Waals surface area contributed by atoms with Crippen molar-refractivity contribution in [3.05, 3.63) is 107 Å². The van der Waals surface area contributed by atoms with Gasteiger partial charge < -0.3 is 31.3 Å². The van der Waals surface area contributed by atoms with Crippen LogP contribution in [0, 0.1) is 0 Å². The van der Waals surface area contributed by atoms with Crippen LogP contribution >= 0.6 is 15.9 Å². The highest BCUT2D eigenvalue weighted by Gasteiger charge is 2.38. The predicted octanol–water partition coefficient (Wildman–Crippen LogP) is 4.54. The standard InChI is InChI=1S/C27H36N6O3.C11H7BrO2/c28-27(12-5-6-13-27)26(36)31-22(20-21-8-2-1-3-9-21)25(35)30-15-11-24(34)33-18-16-32(17-19-33)23-10-4-7-14-29-23;12-10-4-3-7-5-9(11(13)14)2-1-8(7)6-10/h1-4,7-10,14,22H,5-6,11-13,15-20,28H2,(H,30,35)(H,31,36);1-6H,(H,13,14)/t22-;/m1./s1. The molecule has 3 amide bonds. The largest absolute Gasteiger partial charge is 0.478 e. The Morgan fingerprint density at radius 3 is 2.24 bits per heavy atom. The molecule has 50 heavy (non-hydrogen) atoms. The number of aromatic nitrogens is 1. The molecule has 1 saturated heterocycles. The fourth-order valence-corrected chi connectivity index (χ4v) is 6.62. The van der Waals surface area contributed by atoms with Crippen LogP contribution < -0.4 is 21.3 Å². The summed E-state index contributed by atoms with van der Waals surface area (Å²) in [5, 5.41) is 16.5. The average Bonchev–Trinajstić information content (AvgIpc) is 3.59. The van der Waals surface area contributed by atoms with Gasteiger partial charge >= 0.3 is 5.97 Å². The summed E-state index contributed by atoms with van der Waals surface area (Å²) in [6.07, 6.45) is 5.42. The van der Waals surface area contributed by atoms with E-state index in [-0.39, 0.29) is 30.7 Å². The van der Waals surface area contributed by atoms with Gasteiger partial charge in [-0.2, -0.15) is 0 Å². The van der Waals surface area contributed by atoms with Gasteiger partial charge in [-0.25, -0.2) is 9.78 Å². The normalized spacial score (nSPS) is 15.8. The van der Waals surface area contributed by atoms with Gasteiger partial charge in [0.2, 0.25) is 17.7 Å². The highest BCUT2D eigenvalue weighted by Crippen LogP contribution is 2.27. The number of nitrogens with one attached hydrogen (secondary N) is 2. The van der Waals surface area contributed by atoms with Gasteiger partial charge in [0.05, 0.1) is 11.1 Å². The second-order valence-electron chi connectivity index (χ2n) is 12.7. The molecule has 0 unspecified atom stereocenters. The summed E-state index contributed by atoms with van der Waals surface area (Å²) in [6, 6.07) is 25.5. The third-order valence-corrected chi connectivity index (χ3v) is 9.64. The van der Waals surface area contributed by atoms with Crippen molar-refractivity contribution >= 4 is 56.2 Å². The van der Waals surface area contributed by atoms with Gasteiger partial charge in [0.25, 0.3) is 0 Å². The van der Waals surface area contributed by atoms with Gasteiger partial charge in [0.1, 0.15) is 11.9 Å². The molecule has 4 aromatic rings. The molecule has 3 aromatic carbocycles. The maximum atomic E-state index is 13.1. The molecule has 1 atom stereocenters. The molecule has 0 spiro atoms. The number of aromatic carboxylic acids is 1. The Morgan fingerprint density at radius 2 is 1.56 bits per heavy atom. The van der Waals surface area contributed by atoms with E-state index in [0.29, 0.717) is 37.9 Å². The molecule has 2 heterocycles. The summed E-state index contributed by atoms with van der Waals surface area (Å²) >= 11 is 3.36. The van der Waals surface area contributed by atoms with Crippen molar-refractivity contribution in [1.82, 2.24) is 20.5 Å². The Hall–Kier alpha value is -4.81. The monoisotopic (exact) mass is 742 g/mol. The number of carbonyl (C=O) groups excluding carboxylic acids is 3. The molecule has 0 bridgehead atoms. The van der Waals surface area contributed by atoms with Crippen LogP contribution in [0.15, 0.2) is 95.6 Å². The van der Waals surface area contributed by atoms with Gasteiger partial charge in [0.15, 0.2) is 0 Å². The number of fused-ring (bicyclic) bond motifs is 1. The number of carboxylic acids is 1. The third-order valence-electron chi connectivity index (χ3n) is 9.15. The number of hydrogen-bond acceptors (Lipinski definition) is 7. The molecule has 6 rings (SSSR count). The molecule has 12 heteroatoms. The Morgan fingerprint density at radius 1 is 0.880 bits per heavy atom. The topological polar surface area (TPSA) is 158 Å². The van der Waals surface area contributed by atoms with Gasteiger partial charge in [-0.15, -0.1) is 0 Å². The number of nitrogens with two attached hydrogens (primary N) is 1. The van der Waals surface area contributed by atoms with Crippen LogP contribution in [0.2, 0.25) is 0 Å². The Balaban J connectivity index is 0.000000288. The molecule has 1 aliphatic heterocycles. The van der Waals surface area contributed by atoms with Crippen molar-refractivity contribution in [2.24, 2.45) is 5.73 Å². The van der Waals surface area contributed by atoms with Crippen molar-refractivity contribution in [3.63, 3.8) is 0 Å². The minimum absolute atomic E-state index is 0.00600. The molecular formula is C38H43BrN6O5. The number of carbonyl (C=O) groups is 4. The van der Waals surface area contributed by atoms with Gasteiger partial charge in [-0.05, 0) is 65.6 Å². The lowest BCUT2D eigenvalue weighted by atomic mass is 9.96. The fraction of sp³-hybridized carbons (Fsp3) is 0.342. The molecular weight excluding hydrogens is 700 g/mol. The Bertz CT molecular complexity index is 1780. The van der Waals surface area contributed by atoms with Crippen LogP contribution in [0.3, 0.4) is 0 Å². The molecule has 1 saturated carbocycles. The lowest BCUT2D eigenvalue weighted by molar-refractivity contribution is -0.133.